The van der Waals surface area contributed by atoms with Crippen LogP contribution in [0.5, 0.6) is 0 Å². The van der Waals surface area contributed by atoms with Crippen molar-refractivity contribution in [3.05, 3.63) is 42.0 Å². The minimum Gasteiger partial charge on any atom is -0.159 e. The van der Waals surface area contributed by atoms with Crippen LogP contribution in [0.25, 0.3) is 0 Å². The summed E-state index contributed by atoms with van der Waals surface area (Å²) in [6.45, 7) is 2.12. The second-order valence-electron chi connectivity index (χ2n) is 3.84. The monoisotopic (exact) mass is 246 g/mol. The Balaban J connectivity index is 2.10. The van der Waals surface area contributed by atoms with E-state index < -0.39 is 0 Å². The fraction of sp³-hybridized carbons (Fsp3) is 0.333. The standard InChI is InChI=1S/C12H14N4S/c1-9(12-4-3-5-13-16-12)6-10-7-11(17-2)8-14-15-10/h3-5,7-9H,6H2,1-2H3. The molecule has 1 unspecified atom stereocenters. The minimum atomic E-state index is 0.301. The molecule has 2 aromatic rings. The zero-order chi connectivity index (χ0) is 12.1. The Labute approximate surface area is 105 Å². The lowest BCUT2D eigenvalue weighted by Gasteiger charge is -2.09. The van der Waals surface area contributed by atoms with E-state index in [0.717, 1.165) is 22.7 Å². The quantitative estimate of drug-likeness (QED) is 0.775. The zero-order valence-electron chi connectivity index (χ0n) is 9.87. The molecular weight excluding hydrogens is 232 g/mol. The SMILES string of the molecule is CSc1cnnc(CC(C)c2cccnn2)c1. The first-order valence-electron chi connectivity index (χ1n) is 5.43. The Bertz CT molecular complexity index is 475. The predicted octanol–water partition coefficient (Wildman–Crippen LogP) is 2.33. The van der Waals surface area contributed by atoms with Gasteiger partial charge in [0.25, 0.3) is 0 Å². The number of thioether (sulfide) groups is 1. The molecule has 4 nitrogen and oxygen atoms in total. The molecule has 88 valence electrons. The molecule has 0 aromatic carbocycles. The van der Waals surface area contributed by atoms with E-state index in [4.69, 9.17) is 0 Å². The highest BCUT2D eigenvalue weighted by Gasteiger charge is 2.09. The number of nitrogens with zero attached hydrogens (tertiary/aromatic N) is 4. The number of hydrogen-bond donors (Lipinski definition) is 0. The molecular formula is C12H14N4S. The second kappa shape index (κ2) is 5.72. The molecule has 2 rings (SSSR count). The molecule has 0 N–H and O–H groups in total. The summed E-state index contributed by atoms with van der Waals surface area (Å²) in [5.74, 6) is 0.301. The highest BCUT2D eigenvalue weighted by molar-refractivity contribution is 7.98. The lowest BCUT2D eigenvalue weighted by Crippen LogP contribution is -2.04. The van der Waals surface area contributed by atoms with E-state index in [-0.39, 0.29) is 0 Å². The van der Waals surface area contributed by atoms with Gasteiger partial charge in [0, 0.05) is 17.0 Å². The van der Waals surface area contributed by atoms with Gasteiger partial charge in [0.05, 0.1) is 17.6 Å². The smallest absolute Gasteiger partial charge is 0.0663 e. The van der Waals surface area contributed by atoms with Gasteiger partial charge in [-0.2, -0.15) is 20.4 Å². The van der Waals surface area contributed by atoms with E-state index in [1.54, 1.807) is 24.2 Å². The fourth-order valence-corrected chi connectivity index (χ4v) is 2.00. The van der Waals surface area contributed by atoms with Crippen LogP contribution in [0.3, 0.4) is 0 Å². The summed E-state index contributed by atoms with van der Waals surface area (Å²) < 4.78 is 0. The van der Waals surface area contributed by atoms with Crippen molar-refractivity contribution in [1.82, 2.24) is 20.4 Å². The molecule has 0 bridgehead atoms. The minimum absolute atomic E-state index is 0.301. The Kier molecular flexibility index (Phi) is 4.03. The molecule has 17 heavy (non-hydrogen) atoms. The topological polar surface area (TPSA) is 51.6 Å². The van der Waals surface area contributed by atoms with Gasteiger partial charge in [-0.15, -0.1) is 11.8 Å². The van der Waals surface area contributed by atoms with Crippen molar-refractivity contribution in [1.29, 1.82) is 0 Å². The molecule has 0 aliphatic carbocycles. The lowest BCUT2D eigenvalue weighted by atomic mass is 10.0. The Morgan fingerprint density at radius 1 is 1.29 bits per heavy atom. The van der Waals surface area contributed by atoms with E-state index in [9.17, 15) is 0 Å². The van der Waals surface area contributed by atoms with Crippen molar-refractivity contribution in [2.24, 2.45) is 0 Å². The summed E-state index contributed by atoms with van der Waals surface area (Å²) in [5.41, 5.74) is 1.99. The first-order valence-corrected chi connectivity index (χ1v) is 6.65. The van der Waals surface area contributed by atoms with Crippen LogP contribution in [0.15, 0.2) is 35.5 Å². The van der Waals surface area contributed by atoms with Gasteiger partial charge in [0.15, 0.2) is 0 Å². The van der Waals surface area contributed by atoms with Crippen LogP contribution in [0.4, 0.5) is 0 Å². The molecule has 0 radical (unpaired) electrons. The third-order valence-electron chi connectivity index (χ3n) is 2.53. The molecule has 2 aromatic heterocycles. The van der Waals surface area contributed by atoms with E-state index in [2.05, 4.69) is 33.4 Å². The summed E-state index contributed by atoms with van der Waals surface area (Å²) in [6.07, 6.45) is 6.33. The first kappa shape index (κ1) is 12.0. The molecule has 1 atom stereocenters. The average molecular weight is 246 g/mol. The average Bonchev–Trinajstić information content (AvgIpc) is 2.40. The lowest BCUT2D eigenvalue weighted by molar-refractivity contribution is 0.685. The summed E-state index contributed by atoms with van der Waals surface area (Å²) in [7, 11) is 0. The van der Waals surface area contributed by atoms with Crippen molar-refractivity contribution in [2.45, 2.75) is 24.2 Å². The number of aromatic nitrogens is 4. The summed E-state index contributed by atoms with van der Waals surface area (Å²) >= 11 is 1.68. The van der Waals surface area contributed by atoms with Gasteiger partial charge in [-0.1, -0.05) is 6.92 Å². The maximum atomic E-state index is 4.14. The zero-order valence-corrected chi connectivity index (χ0v) is 10.7. The molecule has 0 saturated carbocycles. The predicted molar refractivity (Wildman–Crippen MR) is 68.0 cm³/mol. The van der Waals surface area contributed by atoms with E-state index in [1.807, 2.05) is 18.4 Å². The van der Waals surface area contributed by atoms with E-state index >= 15 is 0 Å². The maximum absolute atomic E-state index is 4.14. The van der Waals surface area contributed by atoms with Gasteiger partial charge in [-0.3, -0.25) is 0 Å². The second-order valence-corrected chi connectivity index (χ2v) is 4.72. The van der Waals surface area contributed by atoms with Crippen molar-refractivity contribution >= 4 is 11.8 Å². The van der Waals surface area contributed by atoms with Gasteiger partial charge in [-0.25, -0.2) is 0 Å². The first-order chi connectivity index (χ1) is 8.29. The Morgan fingerprint density at radius 3 is 2.88 bits per heavy atom. The molecule has 0 fully saturated rings. The van der Waals surface area contributed by atoms with Gasteiger partial charge >= 0.3 is 0 Å². The third kappa shape index (κ3) is 3.23. The molecule has 0 amide bonds. The number of rotatable bonds is 4. The number of hydrogen-bond acceptors (Lipinski definition) is 5. The van der Waals surface area contributed by atoms with Crippen LogP contribution in [0, 0.1) is 0 Å². The van der Waals surface area contributed by atoms with Crippen LogP contribution in [-0.4, -0.2) is 26.7 Å². The molecule has 0 spiro atoms. The highest BCUT2D eigenvalue weighted by Crippen LogP contribution is 2.19. The summed E-state index contributed by atoms with van der Waals surface area (Å²) in [4.78, 5) is 1.14. The van der Waals surface area contributed by atoms with Crippen LogP contribution >= 0.6 is 11.8 Å². The molecule has 0 aliphatic heterocycles. The van der Waals surface area contributed by atoms with Crippen molar-refractivity contribution < 1.29 is 0 Å². The summed E-state index contributed by atoms with van der Waals surface area (Å²) in [5, 5.41) is 16.1. The van der Waals surface area contributed by atoms with Crippen LogP contribution in [0.2, 0.25) is 0 Å². The largest absolute Gasteiger partial charge is 0.159 e. The third-order valence-corrected chi connectivity index (χ3v) is 3.22. The van der Waals surface area contributed by atoms with Gasteiger partial charge in [-0.05, 0) is 30.9 Å². The molecule has 0 saturated heterocycles. The fourth-order valence-electron chi connectivity index (χ4n) is 1.60. The Morgan fingerprint density at radius 2 is 2.18 bits per heavy atom. The van der Waals surface area contributed by atoms with Gasteiger partial charge < -0.3 is 0 Å². The van der Waals surface area contributed by atoms with Crippen LogP contribution < -0.4 is 0 Å². The van der Waals surface area contributed by atoms with Crippen molar-refractivity contribution in [3.8, 4) is 0 Å². The van der Waals surface area contributed by atoms with E-state index in [1.165, 1.54) is 0 Å². The van der Waals surface area contributed by atoms with E-state index in [0.29, 0.717) is 5.92 Å². The van der Waals surface area contributed by atoms with Crippen LogP contribution in [0.1, 0.15) is 24.2 Å². The molecule has 0 aliphatic rings. The van der Waals surface area contributed by atoms with Crippen LogP contribution in [-0.2, 0) is 6.42 Å². The van der Waals surface area contributed by atoms with Gasteiger partial charge in [0.1, 0.15) is 0 Å². The van der Waals surface area contributed by atoms with Crippen molar-refractivity contribution in [3.63, 3.8) is 0 Å². The Hall–Kier alpha value is -1.49. The maximum Gasteiger partial charge on any atom is 0.0663 e. The van der Waals surface area contributed by atoms with Crippen molar-refractivity contribution in [2.75, 3.05) is 6.26 Å². The van der Waals surface area contributed by atoms with Gasteiger partial charge in [0.2, 0.25) is 0 Å². The summed E-state index contributed by atoms with van der Waals surface area (Å²) in [6, 6.07) is 5.97. The molecule has 2 heterocycles. The molecule has 5 heteroatoms. The normalized spacial score (nSPS) is 12.4. The highest BCUT2D eigenvalue weighted by atomic mass is 32.2.